The number of carbonyl (C=O) groups excluding carboxylic acids is 2. The summed E-state index contributed by atoms with van der Waals surface area (Å²) in [6, 6.07) is 3.92. The molecule has 2 amide bonds. The molecule has 0 aromatic heterocycles. The molecule has 0 spiro atoms. The molecule has 1 aromatic carbocycles. The van der Waals surface area contributed by atoms with Gasteiger partial charge in [0, 0.05) is 18.0 Å². The van der Waals surface area contributed by atoms with Crippen LogP contribution in [0.5, 0.6) is 5.75 Å². The Balaban J connectivity index is 1.27. The molecule has 3 N–H and O–H groups in total. The van der Waals surface area contributed by atoms with Crippen LogP contribution in [-0.4, -0.2) is 53.0 Å². The van der Waals surface area contributed by atoms with E-state index >= 15 is 0 Å². The Morgan fingerprint density at radius 2 is 1.75 bits per heavy atom. The Morgan fingerprint density at radius 3 is 2.39 bits per heavy atom. The van der Waals surface area contributed by atoms with E-state index in [0.717, 1.165) is 6.07 Å². The summed E-state index contributed by atoms with van der Waals surface area (Å²) in [5.41, 5.74) is -3.17. The van der Waals surface area contributed by atoms with Crippen LogP contribution >= 0.6 is 23.2 Å². The van der Waals surface area contributed by atoms with Crippen LogP contribution in [0.25, 0.3) is 0 Å². The van der Waals surface area contributed by atoms with Crippen LogP contribution in [0.1, 0.15) is 45.4 Å². The fourth-order valence-corrected chi connectivity index (χ4v) is 5.34. The molecule has 7 nitrogen and oxygen atoms in total. The van der Waals surface area contributed by atoms with Gasteiger partial charge in [0.2, 0.25) is 0 Å². The van der Waals surface area contributed by atoms with Gasteiger partial charge in [-0.2, -0.15) is 0 Å². The second-order valence-electron chi connectivity index (χ2n) is 9.93. The maximum absolute atomic E-state index is 14.4. The van der Waals surface area contributed by atoms with Crippen molar-refractivity contribution in [1.82, 2.24) is 10.6 Å². The first-order valence-corrected chi connectivity index (χ1v) is 12.4. The van der Waals surface area contributed by atoms with E-state index in [2.05, 4.69) is 10.6 Å². The number of halogens is 4. The van der Waals surface area contributed by atoms with E-state index in [0.29, 0.717) is 31.4 Å². The molecule has 3 fully saturated rings. The number of aliphatic hydroxyl groups is 1. The Hall–Kier alpha value is -2.36. The highest BCUT2D eigenvalue weighted by molar-refractivity contribution is 6.31. The average molecular weight is 545 g/mol. The minimum atomic E-state index is -1.74. The van der Waals surface area contributed by atoms with Crippen LogP contribution in [-0.2, 0) is 14.3 Å². The van der Waals surface area contributed by atoms with E-state index < -0.39 is 34.6 Å². The maximum Gasteiger partial charge on any atom is 0.258 e. The molecule has 4 aliphatic rings. The van der Waals surface area contributed by atoms with Crippen LogP contribution in [0.15, 0.2) is 41.1 Å². The third-order valence-electron chi connectivity index (χ3n) is 7.18. The number of allylic oxidation sites excluding steroid dienone is 4. The first-order valence-electron chi connectivity index (χ1n) is 11.7. The fourth-order valence-electron chi connectivity index (χ4n) is 5.09. The van der Waals surface area contributed by atoms with Crippen LogP contribution in [0, 0.1) is 5.82 Å². The van der Waals surface area contributed by atoms with Gasteiger partial charge in [-0.15, -0.1) is 0 Å². The number of nitrogens with one attached hydrogen (secondary N) is 2. The molecule has 2 atom stereocenters. The third kappa shape index (κ3) is 5.79. The van der Waals surface area contributed by atoms with Crippen LogP contribution < -0.4 is 15.4 Å². The minimum absolute atomic E-state index is 0.0397. The van der Waals surface area contributed by atoms with Crippen molar-refractivity contribution in [3.63, 3.8) is 0 Å². The molecule has 11 heteroatoms. The number of benzene rings is 1. The van der Waals surface area contributed by atoms with E-state index in [4.69, 9.17) is 32.7 Å². The lowest BCUT2D eigenvalue weighted by Gasteiger charge is -2.56. The third-order valence-corrected chi connectivity index (χ3v) is 8.01. The molecule has 2 bridgehead atoms. The summed E-state index contributed by atoms with van der Waals surface area (Å²) in [5.74, 6) is -0.954. The lowest BCUT2D eigenvalue weighted by Crippen LogP contribution is -2.70. The van der Waals surface area contributed by atoms with Gasteiger partial charge in [-0.05, 0) is 63.3 Å². The van der Waals surface area contributed by atoms with Crippen molar-refractivity contribution in [3.8, 4) is 5.75 Å². The average Bonchev–Trinajstić information content (AvgIpc) is 2.81. The number of fused-ring (bicyclic) bond motifs is 3. The predicted octanol–water partition coefficient (Wildman–Crippen LogP) is 4.06. The van der Waals surface area contributed by atoms with Crippen molar-refractivity contribution < 1.29 is 33.0 Å². The highest BCUT2D eigenvalue weighted by Crippen LogP contribution is 2.47. The summed E-state index contributed by atoms with van der Waals surface area (Å²) in [7, 11) is 0. The van der Waals surface area contributed by atoms with Crippen LogP contribution in [0.3, 0.4) is 0 Å². The lowest BCUT2D eigenvalue weighted by atomic mass is 9.60. The van der Waals surface area contributed by atoms with E-state index in [-0.39, 0.29) is 47.8 Å². The van der Waals surface area contributed by atoms with E-state index in [1.807, 2.05) is 0 Å². The highest BCUT2D eigenvalue weighted by Gasteiger charge is 2.55. The predicted molar refractivity (Wildman–Crippen MR) is 130 cm³/mol. The van der Waals surface area contributed by atoms with Gasteiger partial charge in [-0.3, -0.25) is 9.59 Å². The first kappa shape index (κ1) is 26.7. The monoisotopic (exact) mass is 544 g/mol. The summed E-state index contributed by atoms with van der Waals surface area (Å²) < 4.78 is 38.8. The number of carbonyl (C=O) groups is 2. The maximum atomic E-state index is 14.4. The molecule has 4 aliphatic carbocycles. The zero-order valence-electron chi connectivity index (χ0n) is 19.7. The fraction of sp³-hybridized carbons (Fsp3) is 0.520. The van der Waals surface area contributed by atoms with Gasteiger partial charge in [-0.25, -0.2) is 8.78 Å². The number of alkyl halides is 1. The molecule has 0 heterocycles. The Labute approximate surface area is 217 Å². The Kier molecular flexibility index (Phi) is 7.55. The smallest absolute Gasteiger partial charge is 0.258 e. The highest BCUT2D eigenvalue weighted by atomic mass is 35.5. The molecule has 3 saturated carbocycles. The number of hydrogen-bond donors (Lipinski definition) is 3. The molecule has 0 aliphatic heterocycles. The number of aliphatic hydroxyl groups excluding tert-OH is 1. The summed E-state index contributed by atoms with van der Waals surface area (Å²) >= 11 is 11.5. The van der Waals surface area contributed by atoms with Crippen LogP contribution in [0.4, 0.5) is 8.78 Å². The molecule has 0 radical (unpaired) electrons. The standard InChI is InChI=1S/C25H28Cl2F2N2O5/c1-23(29)11-16(3-5-19(23)27)36-14-22(34)31-25-8-6-24(7-9-25,12-20(25)32)30-21(33)13-35-15-2-4-17(26)18(28)10-15/h2-5,10,20,32H,6-9,11-14H2,1H3,(H,30,33)(H,31,34). The second-order valence-corrected chi connectivity index (χ2v) is 10.7. The molecule has 5 rings (SSSR count). The summed E-state index contributed by atoms with van der Waals surface area (Å²) in [6.07, 6.45) is 4.32. The van der Waals surface area contributed by atoms with Crippen molar-refractivity contribution in [2.45, 2.75) is 68.3 Å². The number of ether oxygens (including phenoxy) is 2. The second kappa shape index (κ2) is 10.2. The van der Waals surface area contributed by atoms with E-state index in [1.54, 1.807) is 0 Å². The number of rotatable bonds is 8. The zero-order chi connectivity index (χ0) is 26.1. The molecule has 2 unspecified atom stereocenters. The molecule has 196 valence electrons. The minimum Gasteiger partial charge on any atom is -0.488 e. The van der Waals surface area contributed by atoms with Gasteiger partial charge in [0.05, 0.1) is 21.7 Å². The normalized spacial score (nSPS) is 31.2. The van der Waals surface area contributed by atoms with E-state index in [1.165, 1.54) is 31.2 Å². The quantitative estimate of drug-likeness (QED) is 0.458. The summed E-state index contributed by atoms with van der Waals surface area (Å²) in [5, 5.41) is 16.8. The topological polar surface area (TPSA) is 96.9 Å². The molecular weight excluding hydrogens is 517 g/mol. The van der Waals surface area contributed by atoms with Gasteiger partial charge in [0.25, 0.3) is 11.8 Å². The number of hydrogen-bond acceptors (Lipinski definition) is 5. The van der Waals surface area contributed by atoms with Gasteiger partial charge in [0.15, 0.2) is 18.9 Å². The molecule has 0 saturated heterocycles. The number of amides is 2. The van der Waals surface area contributed by atoms with Crippen molar-refractivity contribution in [3.05, 3.63) is 52.0 Å². The van der Waals surface area contributed by atoms with Gasteiger partial charge in [0.1, 0.15) is 17.3 Å². The van der Waals surface area contributed by atoms with Crippen molar-refractivity contribution in [2.24, 2.45) is 0 Å². The lowest BCUT2D eigenvalue weighted by molar-refractivity contribution is -0.137. The van der Waals surface area contributed by atoms with Crippen LogP contribution in [0.2, 0.25) is 5.02 Å². The largest absolute Gasteiger partial charge is 0.488 e. The Bertz CT molecular complexity index is 1100. The summed E-state index contributed by atoms with van der Waals surface area (Å²) in [6.45, 7) is 0.717. The molecule has 1 aromatic rings. The Morgan fingerprint density at radius 1 is 1.08 bits per heavy atom. The van der Waals surface area contributed by atoms with Gasteiger partial charge < -0.3 is 25.2 Å². The zero-order valence-corrected chi connectivity index (χ0v) is 21.2. The first-order chi connectivity index (χ1) is 16.9. The van der Waals surface area contributed by atoms with Crippen molar-refractivity contribution in [2.75, 3.05) is 13.2 Å². The van der Waals surface area contributed by atoms with Gasteiger partial charge >= 0.3 is 0 Å². The SMILES string of the molecule is CC1(F)CC(OCC(=O)NC23CCC(NC(=O)COc4ccc(Cl)c(F)c4)(CC2)CC3O)=CC=C1Cl. The summed E-state index contributed by atoms with van der Waals surface area (Å²) in [4.78, 5) is 25.1. The van der Waals surface area contributed by atoms with E-state index in [9.17, 15) is 23.5 Å². The molecule has 36 heavy (non-hydrogen) atoms. The van der Waals surface area contributed by atoms with Gasteiger partial charge in [-0.1, -0.05) is 23.2 Å². The van der Waals surface area contributed by atoms with Crippen molar-refractivity contribution >= 4 is 35.0 Å². The van der Waals surface area contributed by atoms with Crippen molar-refractivity contribution in [1.29, 1.82) is 0 Å². The molecular formula is C25H28Cl2F2N2O5.